The number of halogens is 2. The standard InChI is InChI=1S/C33H30Cl2N4O6/c1-20-7-11-22-5-4-6-27(32(22)37-20)45-19-24-25(34)14-15-26(31(24)35)39(3)29(41)17-36-28(40)16-10-21-8-12-23(13-9-21)33(44)38(2)18-30(42)43/h4-16H,17-19H2,1-3H3,(H,36,40)(H,42,43)/b16-10+. The number of hydrogen-bond donors (Lipinski definition) is 2. The highest BCUT2D eigenvalue weighted by Crippen LogP contribution is 2.35. The molecule has 0 bridgehead atoms. The molecule has 12 heteroatoms. The van der Waals surface area contributed by atoms with Gasteiger partial charge in [0.2, 0.25) is 11.8 Å². The Balaban J connectivity index is 1.35. The van der Waals surface area contributed by atoms with Gasteiger partial charge < -0.3 is 25.0 Å². The highest BCUT2D eigenvalue weighted by Gasteiger charge is 2.19. The molecule has 1 heterocycles. The zero-order valence-corrected chi connectivity index (χ0v) is 26.2. The van der Waals surface area contributed by atoms with Crippen molar-refractivity contribution in [3.8, 4) is 5.75 Å². The molecule has 0 fully saturated rings. The van der Waals surface area contributed by atoms with Crippen LogP contribution in [0.25, 0.3) is 17.0 Å². The second-order valence-corrected chi connectivity index (χ2v) is 10.9. The maximum Gasteiger partial charge on any atom is 0.323 e. The van der Waals surface area contributed by atoms with Gasteiger partial charge in [-0.05, 0) is 55.0 Å². The third-order valence-electron chi connectivity index (χ3n) is 6.81. The molecule has 0 atom stereocenters. The summed E-state index contributed by atoms with van der Waals surface area (Å²) in [6.45, 7) is 1.22. The van der Waals surface area contributed by atoms with Crippen molar-refractivity contribution in [3.63, 3.8) is 0 Å². The number of ether oxygens (including phenoxy) is 1. The number of anilines is 1. The number of pyridine rings is 1. The van der Waals surface area contributed by atoms with Crippen molar-refractivity contribution in [3.05, 3.63) is 105 Å². The summed E-state index contributed by atoms with van der Waals surface area (Å²) < 4.78 is 6.06. The largest absolute Gasteiger partial charge is 0.487 e. The number of carboxylic acids is 1. The van der Waals surface area contributed by atoms with Gasteiger partial charge in [0.25, 0.3) is 5.91 Å². The number of aromatic nitrogens is 1. The first-order valence-electron chi connectivity index (χ1n) is 13.7. The van der Waals surface area contributed by atoms with E-state index >= 15 is 0 Å². The van der Waals surface area contributed by atoms with Gasteiger partial charge in [-0.2, -0.15) is 0 Å². The van der Waals surface area contributed by atoms with Crippen molar-refractivity contribution in [1.29, 1.82) is 0 Å². The number of carbonyl (C=O) groups excluding carboxylic acids is 3. The number of carboxylic acid groups (broad SMARTS) is 1. The molecule has 4 aromatic rings. The molecule has 0 unspecified atom stereocenters. The highest BCUT2D eigenvalue weighted by molar-refractivity contribution is 6.38. The van der Waals surface area contributed by atoms with Crippen LogP contribution < -0.4 is 15.0 Å². The van der Waals surface area contributed by atoms with E-state index in [1.54, 1.807) is 24.3 Å². The van der Waals surface area contributed by atoms with E-state index in [1.807, 2.05) is 37.3 Å². The number of likely N-dealkylation sites (N-methyl/N-ethyl adjacent to an activating group) is 2. The molecule has 0 aliphatic carbocycles. The summed E-state index contributed by atoms with van der Waals surface area (Å²) in [6.07, 6.45) is 2.78. The number of fused-ring (bicyclic) bond motifs is 1. The van der Waals surface area contributed by atoms with Crippen LogP contribution in [0.5, 0.6) is 5.75 Å². The summed E-state index contributed by atoms with van der Waals surface area (Å²) in [4.78, 5) is 55.4. The summed E-state index contributed by atoms with van der Waals surface area (Å²) >= 11 is 13.1. The van der Waals surface area contributed by atoms with E-state index in [2.05, 4.69) is 10.3 Å². The smallest absolute Gasteiger partial charge is 0.323 e. The Labute approximate surface area is 269 Å². The fourth-order valence-corrected chi connectivity index (χ4v) is 4.95. The van der Waals surface area contributed by atoms with Gasteiger partial charge in [0, 0.05) is 47.4 Å². The number of para-hydroxylation sites is 1. The maximum atomic E-state index is 12.9. The molecule has 0 aliphatic rings. The summed E-state index contributed by atoms with van der Waals surface area (Å²) in [7, 11) is 2.94. The lowest BCUT2D eigenvalue weighted by atomic mass is 10.1. The molecule has 4 rings (SSSR count). The minimum absolute atomic E-state index is 0.0397. The normalized spacial score (nSPS) is 11.0. The molecule has 10 nitrogen and oxygen atoms in total. The molecule has 0 saturated carbocycles. The second kappa shape index (κ2) is 14.7. The number of aryl methyl sites for hydroxylation is 1. The molecule has 2 N–H and O–H groups in total. The quantitative estimate of drug-likeness (QED) is 0.209. The van der Waals surface area contributed by atoms with Gasteiger partial charge in [-0.25, -0.2) is 4.98 Å². The van der Waals surface area contributed by atoms with E-state index < -0.39 is 30.2 Å². The van der Waals surface area contributed by atoms with Crippen LogP contribution in [0, 0.1) is 6.92 Å². The predicted octanol–water partition coefficient (Wildman–Crippen LogP) is 5.38. The molecular formula is C33H30Cl2N4O6. The minimum atomic E-state index is -1.11. The third-order valence-corrected chi connectivity index (χ3v) is 7.59. The van der Waals surface area contributed by atoms with Crippen LogP contribution >= 0.6 is 23.2 Å². The van der Waals surface area contributed by atoms with E-state index in [-0.39, 0.29) is 18.2 Å². The number of benzene rings is 3. The van der Waals surface area contributed by atoms with Gasteiger partial charge in [0.15, 0.2) is 0 Å². The Morgan fingerprint density at radius 3 is 2.42 bits per heavy atom. The van der Waals surface area contributed by atoms with Gasteiger partial charge in [-0.15, -0.1) is 0 Å². The lowest BCUT2D eigenvalue weighted by molar-refractivity contribution is -0.137. The summed E-state index contributed by atoms with van der Waals surface area (Å²) in [6, 6.07) is 19.1. The molecule has 45 heavy (non-hydrogen) atoms. The average Bonchev–Trinajstić information content (AvgIpc) is 3.01. The van der Waals surface area contributed by atoms with E-state index in [4.69, 9.17) is 33.0 Å². The van der Waals surface area contributed by atoms with Crippen molar-refractivity contribution in [2.45, 2.75) is 13.5 Å². The Morgan fingerprint density at radius 2 is 1.71 bits per heavy atom. The topological polar surface area (TPSA) is 129 Å². The van der Waals surface area contributed by atoms with Gasteiger partial charge in [-0.3, -0.25) is 19.2 Å². The molecule has 1 aromatic heterocycles. The van der Waals surface area contributed by atoms with Crippen molar-refractivity contribution >= 4 is 69.6 Å². The van der Waals surface area contributed by atoms with E-state index in [1.165, 1.54) is 43.3 Å². The van der Waals surface area contributed by atoms with Crippen LogP contribution in [0.15, 0.2) is 72.8 Å². The number of nitrogens with zero attached hydrogens (tertiary/aromatic N) is 3. The van der Waals surface area contributed by atoms with Crippen LogP contribution in [0.4, 0.5) is 5.69 Å². The van der Waals surface area contributed by atoms with Gasteiger partial charge in [-0.1, -0.05) is 53.5 Å². The number of carbonyl (C=O) groups is 4. The van der Waals surface area contributed by atoms with Gasteiger partial charge >= 0.3 is 5.97 Å². The molecule has 3 aromatic carbocycles. The van der Waals surface area contributed by atoms with Crippen LogP contribution in [0.1, 0.15) is 27.2 Å². The van der Waals surface area contributed by atoms with Crippen molar-refractivity contribution < 1.29 is 29.0 Å². The molecular weight excluding hydrogens is 619 g/mol. The Morgan fingerprint density at radius 1 is 0.978 bits per heavy atom. The Hall–Kier alpha value is -4.93. The first-order valence-corrected chi connectivity index (χ1v) is 14.5. The van der Waals surface area contributed by atoms with E-state index in [0.717, 1.165) is 16.0 Å². The molecule has 0 spiro atoms. The van der Waals surface area contributed by atoms with E-state index in [0.29, 0.717) is 38.7 Å². The molecule has 0 radical (unpaired) electrons. The molecule has 3 amide bonds. The van der Waals surface area contributed by atoms with Crippen LogP contribution in [-0.2, 0) is 21.0 Å². The van der Waals surface area contributed by atoms with Crippen LogP contribution in [-0.4, -0.2) is 65.9 Å². The molecule has 0 aliphatic heterocycles. The van der Waals surface area contributed by atoms with Crippen LogP contribution in [0.3, 0.4) is 0 Å². The first-order chi connectivity index (χ1) is 21.4. The number of hydrogen-bond acceptors (Lipinski definition) is 6. The van der Waals surface area contributed by atoms with Crippen molar-refractivity contribution in [2.75, 3.05) is 32.1 Å². The maximum absolute atomic E-state index is 12.9. The zero-order chi connectivity index (χ0) is 32.7. The number of amides is 3. The number of rotatable bonds is 11. The van der Waals surface area contributed by atoms with Gasteiger partial charge in [0.1, 0.15) is 24.4 Å². The zero-order valence-electron chi connectivity index (χ0n) is 24.7. The summed E-state index contributed by atoms with van der Waals surface area (Å²) in [5, 5.41) is 12.9. The lowest BCUT2D eigenvalue weighted by Crippen LogP contribution is -2.37. The number of aliphatic carboxylic acids is 1. The minimum Gasteiger partial charge on any atom is -0.487 e. The van der Waals surface area contributed by atoms with Gasteiger partial charge in [0.05, 0.1) is 17.3 Å². The fraction of sp³-hybridized carbons (Fsp3) is 0.182. The summed E-state index contributed by atoms with van der Waals surface area (Å²) in [5.74, 6) is -1.91. The first kappa shape index (κ1) is 33.0. The molecule has 232 valence electrons. The number of nitrogens with one attached hydrogen (secondary N) is 1. The average molecular weight is 650 g/mol. The summed E-state index contributed by atoms with van der Waals surface area (Å²) in [5.41, 5.74) is 3.39. The molecule has 0 saturated heterocycles. The second-order valence-electron chi connectivity index (χ2n) is 10.1. The van der Waals surface area contributed by atoms with Crippen molar-refractivity contribution in [2.24, 2.45) is 0 Å². The monoisotopic (exact) mass is 648 g/mol. The van der Waals surface area contributed by atoms with E-state index in [9.17, 15) is 19.2 Å². The predicted molar refractivity (Wildman–Crippen MR) is 174 cm³/mol. The SMILES string of the molecule is Cc1ccc2cccc(OCc3c(Cl)ccc(N(C)C(=O)CNC(=O)/C=C/c4ccc(C(=O)N(C)CC(=O)O)cc4)c3Cl)c2n1. The fourth-order valence-electron chi connectivity index (χ4n) is 4.34. The lowest BCUT2D eigenvalue weighted by Gasteiger charge is -2.21. The Kier molecular flexibility index (Phi) is 10.8. The van der Waals surface area contributed by atoms with Crippen LogP contribution in [0.2, 0.25) is 10.0 Å². The van der Waals surface area contributed by atoms with Crippen molar-refractivity contribution in [1.82, 2.24) is 15.2 Å². The highest BCUT2D eigenvalue weighted by atomic mass is 35.5. The third kappa shape index (κ3) is 8.37. The Bertz CT molecular complexity index is 1790.